The molecule has 3 aromatic rings. The number of hydrogen-bond donors (Lipinski definition) is 3. The molecule has 9 heteroatoms. The number of nitrogens with zero attached hydrogens (tertiary/aromatic N) is 3. The molecule has 1 saturated heterocycles. The van der Waals surface area contributed by atoms with Crippen molar-refractivity contribution in [2.75, 3.05) is 42.6 Å². The molecule has 2 aliphatic heterocycles. The van der Waals surface area contributed by atoms with Crippen molar-refractivity contribution >= 4 is 34.8 Å². The lowest BCUT2D eigenvalue weighted by Gasteiger charge is -2.30. The predicted molar refractivity (Wildman–Crippen MR) is 161 cm³/mol. The monoisotopic (exact) mass is 568 g/mol. The molecule has 5 rings (SSSR count). The number of aliphatic hydroxyl groups is 2. The Bertz CT molecular complexity index is 1460. The molecule has 0 spiro atoms. The number of fused-ring (bicyclic) bond motifs is 1. The molecule has 218 valence electrons. The molecule has 2 aliphatic rings. The predicted octanol–water partition coefficient (Wildman–Crippen LogP) is 3.09. The van der Waals surface area contributed by atoms with Crippen LogP contribution in [0, 0.1) is 5.92 Å². The number of piperazine rings is 1. The summed E-state index contributed by atoms with van der Waals surface area (Å²) in [5.41, 5.74) is 1.24. The minimum Gasteiger partial charge on any atom is -0.395 e. The molecule has 1 fully saturated rings. The van der Waals surface area contributed by atoms with E-state index in [1.807, 2.05) is 60.7 Å². The van der Waals surface area contributed by atoms with Gasteiger partial charge in [0, 0.05) is 55.5 Å². The van der Waals surface area contributed by atoms with Gasteiger partial charge < -0.3 is 25.3 Å². The molecule has 0 aliphatic carbocycles. The van der Waals surface area contributed by atoms with Gasteiger partial charge in [0.2, 0.25) is 11.8 Å². The molecule has 3 N–H and O–H groups in total. The molecule has 42 heavy (non-hydrogen) atoms. The van der Waals surface area contributed by atoms with Crippen molar-refractivity contribution in [1.29, 1.82) is 0 Å². The van der Waals surface area contributed by atoms with Gasteiger partial charge in [-0.2, -0.15) is 0 Å². The van der Waals surface area contributed by atoms with Gasteiger partial charge in [0.05, 0.1) is 18.8 Å². The first-order chi connectivity index (χ1) is 20.3. The van der Waals surface area contributed by atoms with Crippen molar-refractivity contribution in [2.45, 2.75) is 25.5 Å². The van der Waals surface area contributed by atoms with Gasteiger partial charge in [0.1, 0.15) is 0 Å². The number of aliphatic hydroxyl groups excluding tert-OH is 1. The maximum Gasteiger partial charge on any atom is 0.268 e. The number of rotatable bonds is 10. The molecule has 9 nitrogen and oxygen atoms in total. The minimum atomic E-state index is -1.92. The van der Waals surface area contributed by atoms with E-state index in [4.69, 9.17) is 0 Å². The number of carbonyl (C=O) groups excluding carboxylic acids is 3. The Morgan fingerprint density at radius 1 is 1.05 bits per heavy atom. The highest BCUT2D eigenvalue weighted by Crippen LogP contribution is 2.49. The van der Waals surface area contributed by atoms with E-state index in [0.717, 1.165) is 5.56 Å². The van der Waals surface area contributed by atoms with E-state index in [1.165, 1.54) is 4.90 Å². The SMILES string of the molecule is C[C@@H](/C=C/CC(=O)N(CCO)Cc1ccccc1)[C@]1(O)C(=O)N(c2ccccc2)c2ccc(N3CCNCC3=O)cc21. The van der Waals surface area contributed by atoms with E-state index in [2.05, 4.69) is 5.32 Å². The van der Waals surface area contributed by atoms with E-state index >= 15 is 0 Å². The molecule has 3 aromatic carbocycles. The summed E-state index contributed by atoms with van der Waals surface area (Å²) < 4.78 is 0. The standard InChI is InChI=1S/C33H36N4O5/c1-24(9-8-14-30(39)35(19-20-38)23-25-10-4-2-5-11-25)33(42)28-21-27(36-18-17-34-22-31(36)40)15-16-29(28)37(32(33)41)26-12-6-3-7-13-26/h2-13,15-16,21,24,34,38,42H,14,17-20,22-23H2,1H3/b9-8+/t24-,33+/m0/s1. The van der Waals surface area contributed by atoms with Crippen molar-refractivity contribution in [1.82, 2.24) is 10.2 Å². The Hall–Kier alpha value is -4.31. The van der Waals surface area contributed by atoms with Gasteiger partial charge >= 0.3 is 0 Å². The molecular formula is C33H36N4O5. The van der Waals surface area contributed by atoms with Gasteiger partial charge in [-0.15, -0.1) is 0 Å². The van der Waals surface area contributed by atoms with Crippen LogP contribution in [0.15, 0.2) is 91.0 Å². The van der Waals surface area contributed by atoms with Crippen LogP contribution in [-0.4, -0.2) is 65.6 Å². The van der Waals surface area contributed by atoms with Crippen molar-refractivity contribution in [3.8, 4) is 0 Å². The topological polar surface area (TPSA) is 113 Å². The summed E-state index contributed by atoms with van der Waals surface area (Å²) in [5.74, 6) is -1.45. The third-order valence-corrected chi connectivity index (χ3v) is 7.89. The van der Waals surface area contributed by atoms with Gasteiger partial charge in [-0.1, -0.05) is 67.6 Å². The minimum absolute atomic E-state index is 0.0476. The highest BCUT2D eigenvalue weighted by Gasteiger charge is 2.53. The Kier molecular flexibility index (Phi) is 8.82. The van der Waals surface area contributed by atoms with Crippen LogP contribution in [-0.2, 0) is 26.5 Å². The fourth-order valence-electron chi connectivity index (χ4n) is 5.60. The lowest BCUT2D eigenvalue weighted by atomic mass is 9.82. The molecule has 2 atom stereocenters. The molecular weight excluding hydrogens is 532 g/mol. The van der Waals surface area contributed by atoms with E-state index in [9.17, 15) is 24.6 Å². The van der Waals surface area contributed by atoms with Gasteiger partial charge in [0.25, 0.3) is 5.91 Å². The summed E-state index contributed by atoms with van der Waals surface area (Å²) in [7, 11) is 0. The van der Waals surface area contributed by atoms with Crippen LogP contribution in [0.1, 0.15) is 24.5 Å². The normalized spacial score (nSPS) is 19.3. The number of amides is 3. The second-order valence-corrected chi connectivity index (χ2v) is 10.6. The second-order valence-electron chi connectivity index (χ2n) is 10.6. The molecule has 0 saturated carbocycles. The third-order valence-electron chi connectivity index (χ3n) is 7.89. The van der Waals surface area contributed by atoms with Gasteiger partial charge in [0.15, 0.2) is 5.60 Å². The van der Waals surface area contributed by atoms with Crippen LogP contribution in [0.25, 0.3) is 0 Å². The number of hydrogen-bond acceptors (Lipinski definition) is 6. The lowest BCUT2D eigenvalue weighted by Crippen LogP contribution is -2.48. The zero-order valence-electron chi connectivity index (χ0n) is 23.6. The smallest absolute Gasteiger partial charge is 0.268 e. The molecule has 2 heterocycles. The summed E-state index contributed by atoms with van der Waals surface area (Å²) >= 11 is 0. The summed E-state index contributed by atoms with van der Waals surface area (Å²) in [6.07, 6.45) is 3.41. The summed E-state index contributed by atoms with van der Waals surface area (Å²) in [5, 5.41) is 24.7. The van der Waals surface area contributed by atoms with Crippen molar-refractivity contribution in [2.24, 2.45) is 5.92 Å². The summed E-state index contributed by atoms with van der Waals surface area (Å²) in [4.78, 5) is 44.5. The molecule has 0 aromatic heterocycles. The summed E-state index contributed by atoms with van der Waals surface area (Å²) in [6.45, 7) is 3.52. The lowest BCUT2D eigenvalue weighted by molar-refractivity contribution is -0.138. The summed E-state index contributed by atoms with van der Waals surface area (Å²) in [6, 6.07) is 24.0. The molecule has 0 bridgehead atoms. The first-order valence-electron chi connectivity index (χ1n) is 14.2. The van der Waals surface area contributed by atoms with E-state index in [-0.39, 0.29) is 37.9 Å². The highest BCUT2D eigenvalue weighted by atomic mass is 16.3. The maximum absolute atomic E-state index is 14.0. The van der Waals surface area contributed by atoms with Crippen LogP contribution >= 0.6 is 0 Å². The average molecular weight is 569 g/mol. The third kappa shape index (κ3) is 5.72. The molecule has 0 radical (unpaired) electrons. The quantitative estimate of drug-likeness (QED) is 0.324. The highest BCUT2D eigenvalue weighted by molar-refractivity contribution is 6.12. The first kappa shape index (κ1) is 29.2. The Labute approximate surface area is 245 Å². The number of para-hydroxylation sites is 1. The van der Waals surface area contributed by atoms with Crippen LogP contribution in [0.2, 0.25) is 0 Å². The number of nitrogens with one attached hydrogen (secondary N) is 1. The largest absolute Gasteiger partial charge is 0.395 e. The van der Waals surface area contributed by atoms with Crippen LogP contribution < -0.4 is 15.1 Å². The Balaban J connectivity index is 1.42. The van der Waals surface area contributed by atoms with Crippen molar-refractivity contribution in [3.63, 3.8) is 0 Å². The maximum atomic E-state index is 14.0. The van der Waals surface area contributed by atoms with Crippen LogP contribution in [0.4, 0.5) is 17.1 Å². The average Bonchev–Trinajstić information content (AvgIpc) is 3.24. The van der Waals surface area contributed by atoms with Gasteiger partial charge in [-0.3, -0.25) is 19.3 Å². The first-order valence-corrected chi connectivity index (χ1v) is 14.2. The number of anilines is 3. The zero-order chi connectivity index (χ0) is 29.7. The van der Waals surface area contributed by atoms with Gasteiger partial charge in [-0.05, 0) is 35.9 Å². The van der Waals surface area contributed by atoms with Crippen molar-refractivity contribution in [3.05, 3.63) is 102 Å². The molecule has 3 amide bonds. The fraction of sp³-hybridized carbons (Fsp3) is 0.303. The number of benzene rings is 3. The number of carbonyl (C=O) groups is 3. The Morgan fingerprint density at radius 2 is 1.76 bits per heavy atom. The van der Waals surface area contributed by atoms with Crippen LogP contribution in [0.3, 0.4) is 0 Å². The second kappa shape index (κ2) is 12.7. The Morgan fingerprint density at radius 3 is 2.45 bits per heavy atom. The van der Waals surface area contributed by atoms with Gasteiger partial charge in [-0.25, -0.2) is 0 Å². The zero-order valence-corrected chi connectivity index (χ0v) is 23.6. The van der Waals surface area contributed by atoms with E-state index < -0.39 is 17.4 Å². The van der Waals surface area contributed by atoms with E-state index in [0.29, 0.717) is 42.3 Å². The van der Waals surface area contributed by atoms with Crippen LogP contribution in [0.5, 0.6) is 0 Å². The fourth-order valence-corrected chi connectivity index (χ4v) is 5.60. The molecule has 0 unspecified atom stereocenters. The van der Waals surface area contributed by atoms with E-state index in [1.54, 1.807) is 47.1 Å². The van der Waals surface area contributed by atoms with Crippen molar-refractivity contribution < 1.29 is 24.6 Å².